The van der Waals surface area contributed by atoms with Crippen LogP contribution >= 0.6 is 0 Å². The van der Waals surface area contributed by atoms with Crippen LogP contribution in [0.3, 0.4) is 0 Å². The number of aryl methyl sites for hydroxylation is 2. The fourth-order valence-corrected chi connectivity index (χ4v) is 4.03. The molecule has 0 saturated carbocycles. The maximum Gasteiger partial charge on any atom is 0.246 e. The summed E-state index contributed by atoms with van der Waals surface area (Å²) >= 11 is 0. The standard InChI is InChI=1S/C24H28N4O3/c1-3-21-20(19-7-5-6-8-22(19)31-21)9-10-23(29)27-13-11-17(12-14-27)24(30)26-18-15-25-28(4-2)16-18/h5-10,15-17H,3-4,11-14H2,1-2H3,(H,26,30). The summed E-state index contributed by atoms with van der Waals surface area (Å²) in [6.07, 6.45) is 9.04. The van der Waals surface area contributed by atoms with E-state index in [1.165, 1.54) is 0 Å². The lowest BCUT2D eigenvalue weighted by molar-refractivity contribution is -0.130. The lowest BCUT2D eigenvalue weighted by Gasteiger charge is -2.30. The second kappa shape index (κ2) is 9.20. The first-order valence-electron chi connectivity index (χ1n) is 10.9. The molecule has 0 radical (unpaired) electrons. The molecule has 0 unspecified atom stereocenters. The van der Waals surface area contributed by atoms with Crippen molar-refractivity contribution in [2.75, 3.05) is 18.4 Å². The molecule has 1 N–H and O–H groups in total. The van der Waals surface area contributed by atoms with Crippen molar-refractivity contribution >= 4 is 34.5 Å². The second-order valence-corrected chi connectivity index (χ2v) is 7.80. The number of furan rings is 1. The molecule has 0 spiro atoms. The number of carbonyl (C=O) groups is 2. The number of aromatic nitrogens is 2. The molecule has 1 aromatic carbocycles. The lowest BCUT2D eigenvalue weighted by atomic mass is 9.95. The summed E-state index contributed by atoms with van der Waals surface area (Å²) in [6.45, 7) is 5.95. The van der Waals surface area contributed by atoms with Gasteiger partial charge in [-0.2, -0.15) is 5.10 Å². The number of piperidine rings is 1. The summed E-state index contributed by atoms with van der Waals surface area (Å²) in [5.74, 6) is 0.751. The minimum Gasteiger partial charge on any atom is -0.460 e. The summed E-state index contributed by atoms with van der Waals surface area (Å²) in [5, 5.41) is 8.13. The van der Waals surface area contributed by atoms with Gasteiger partial charge in [0.1, 0.15) is 11.3 Å². The van der Waals surface area contributed by atoms with Crippen LogP contribution in [0.2, 0.25) is 0 Å². The Morgan fingerprint density at radius 1 is 1.23 bits per heavy atom. The second-order valence-electron chi connectivity index (χ2n) is 7.80. The number of para-hydroxylation sites is 1. The van der Waals surface area contributed by atoms with Crippen molar-refractivity contribution in [3.05, 3.63) is 54.1 Å². The van der Waals surface area contributed by atoms with Crippen LogP contribution in [-0.4, -0.2) is 39.6 Å². The van der Waals surface area contributed by atoms with Crippen LogP contribution in [0.1, 0.15) is 38.0 Å². The molecular formula is C24H28N4O3. The van der Waals surface area contributed by atoms with Crippen molar-refractivity contribution in [1.82, 2.24) is 14.7 Å². The molecule has 31 heavy (non-hydrogen) atoms. The summed E-state index contributed by atoms with van der Waals surface area (Å²) < 4.78 is 7.67. The molecule has 162 valence electrons. The summed E-state index contributed by atoms with van der Waals surface area (Å²) in [6, 6.07) is 7.87. The van der Waals surface area contributed by atoms with Gasteiger partial charge in [-0.25, -0.2) is 0 Å². The molecule has 4 rings (SSSR count). The van der Waals surface area contributed by atoms with Gasteiger partial charge >= 0.3 is 0 Å². The number of hydrogen-bond donors (Lipinski definition) is 1. The monoisotopic (exact) mass is 420 g/mol. The normalized spacial score (nSPS) is 15.1. The van der Waals surface area contributed by atoms with Crippen molar-refractivity contribution in [3.8, 4) is 0 Å². The van der Waals surface area contributed by atoms with Crippen LogP contribution in [0.5, 0.6) is 0 Å². The predicted octanol–water partition coefficient (Wildman–Crippen LogP) is 4.10. The van der Waals surface area contributed by atoms with Crippen molar-refractivity contribution in [2.45, 2.75) is 39.7 Å². The van der Waals surface area contributed by atoms with E-state index in [4.69, 9.17) is 4.42 Å². The third kappa shape index (κ3) is 4.55. The molecule has 0 atom stereocenters. The highest BCUT2D eigenvalue weighted by Gasteiger charge is 2.27. The van der Waals surface area contributed by atoms with Crippen LogP contribution in [-0.2, 0) is 22.6 Å². The molecule has 2 aromatic heterocycles. The summed E-state index contributed by atoms with van der Waals surface area (Å²) in [4.78, 5) is 27.1. The summed E-state index contributed by atoms with van der Waals surface area (Å²) in [7, 11) is 0. The van der Waals surface area contributed by atoms with Crippen molar-refractivity contribution in [1.29, 1.82) is 0 Å². The minimum atomic E-state index is -0.0949. The van der Waals surface area contributed by atoms with Crippen LogP contribution in [0.4, 0.5) is 5.69 Å². The lowest BCUT2D eigenvalue weighted by Crippen LogP contribution is -2.40. The molecule has 3 heterocycles. The number of rotatable bonds is 6. The Balaban J connectivity index is 1.35. The Morgan fingerprint density at radius 3 is 2.71 bits per heavy atom. The van der Waals surface area contributed by atoms with E-state index in [2.05, 4.69) is 10.4 Å². The molecule has 1 aliphatic rings. The highest BCUT2D eigenvalue weighted by Crippen LogP contribution is 2.27. The summed E-state index contributed by atoms with van der Waals surface area (Å²) in [5.41, 5.74) is 2.52. The number of nitrogens with zero attached hydrogens (tertiary/aromatic N) is 3. The smallest absolute Gasteiger partial charge is 0.246 e. The number of anilines is 1. The van der Waals surface area contributed by atoms with Gasteiger partial charge in [-0.15, -0.1) is 0 Å². The van der Waals surface area contributed by atoms with Crippen molar-refractivity contribution < 1.29 is 14.0 Å². The van der Waals surface area contributed by atoms with Crippen LogP contribution < -0.4 is 5.32 Å². The van der Waals surface area contributed by atoms with Crippen LogP contribution in [0, 0.1) is 5.92 Å². The zero-order valence-corrected chi connectivity index (χ0v) is 18.0. The van der Waals surface area contributed by atoms with E-state index in [0.717, 1.165) is 35.3 Å². The van der Waals surface area contributed by atoms with E-state index < -0.39 is 0 Å². The predicted molar refractivity (Wildman–Crippen MR) is 120 cm³/mol. The van der Waals surface area contributed by atoms with Crippen molar-refractivity contribution in [3.63, 3.8) is 0 Å². The Kier molecular flexibility index (Phi) is 6.21. The Bertz CT molecular complexity index is 1100. The molecule has 7 heteroatoms. The average Bonchev–Trinajstić information content (AvgIpc) is 3.41. The fourth-order valence-electron chi connectivity index (χ4n) is 4.03. The first-order valence-corrected chi connectivity index (χ1v) is 10.9. The van der Waals surface area contributed by atoms with Gasteiger partial charge in [-0.05, 0) is 31.9 Å². The molecule has 3 aromatic rings. The SMILES string of the molecule is CCc1oc2ccccc2c1C=CC(=O)N1CCC(C(=O)Nc2cnn(CC)c2)CC1. The quantitative estimate of drug-likeness (QED) is 0.609. The number of carbonyl (C=O) groups excluding carboxylic acids is 2. The van der Waals surface area contributed by atoms with Gasteiger partial charge in [0.2, 0.25) is 11.8 Å². The molecule has 0 bridgehead atoms. The zero-order chi connectivity index (χ0) is 21.8. The van der Waals surface area contributed by atoms with E-state index in [1.54, 1.807) is 17.0 Å². The van der Waals surface area contributed by atoms with E-state index in [9.17, 15) is 9.59 Å². The Morgan fingerprint density at radius 2 is 2.00 bits per heavy atom. The van der Waals surface area contributed by atoms with E-state index >= 15 is 0 Å². The van der Waals surface area contributed by atoms with E-state index in [1.807, 2.05) is 55.3 Å². The van der Waals surface area contributed by atoms with Gasteiger partial charge in [0, 0.05) is 55.2 Å². The van der Waals surface area contributed by atoms with Gasteiger partial charge in [-0.3, -0.25) is 14.3 Å². The van der Waals surface area contributed by atoms with Gasteiger partial charge in [0.25, 0.3) is 0 Å². The highest BCUT2D eigenvalue weighted by atomic mass is 16.3. The molecule has 2 amide bonds. The molecule has 7 nitrogen and oxygen atoms in total. The van der Waals surface area contributed by atoms with Gasteiger partial charge < -0.3 is 14.6 Å². The Labute approximate surface area is 181 Å². The Hall–Kier alpha value is -3.35. The average molecular weight is 421 g/mol. The van der Waals surface area contributed by atoms with E-state index in [0.29, 0.717) is 31.6 Å². The maximum atomic E-state index is 12.7. The van der Waals surface area contributed by atoms with Crippen LogP contribution in [0.15, 0.2) is 47.2 Å². The van der Waals surface area contributed by atoms with Gasteiger partial charge in [-0.1, -0.05) is 25.1 Å². The number of likely N-dealkylation sites (tertiary alicyclic amines) is 1. The maximum absolute atomic E-state index is 12.7. The van der Waals surface area contributed by atoms with E-state index in [-0.39, 0.29) is 17.7 Å². The van der Waals surface area contributed by atoms with Crippen LogP contribution in [0.25, 0.3) is 17.0 Å². The number of benzene rings is 1. The zero-order valence-electron chi connectivity index (χ0n) is 18.0. The largest absolute Gasteiger partial charge is 0.460 e. The third-order valence-corrected chi connectivity index (χ3v) is 5.83. The van der Waals surface area contributed by atoms with Gasteiger partial charge in [0.05, 0.1) is 11.9 Å². The molecular weight excluding hydrogens is 392 g/mol. The number of fused-ring (bicyclic) bond motifs is 1. The first-order chi connectivity index (χ1) is 15.1. The topological polar surface area (TPSA) is 80.4 Å². The fraction of sp³-hybridized carbons (Fsp3) is 0.375. The van der Waals surface area contributed by atoms with Crippen molar-refractivity contribution in [2.24, 2.45) is 5.92 Å². The number of amides is 2. The van der Waals surface area contributed by atoms with Gasteiger partial charge in [0.15, 0.2) is 0 Å². The molecule has 1 aliphatic heterocycles. The minimum absolute atomic E-state index is 0.00394. The molecule has 1 fully saturated rings. The number of nitrogens with one attached hydrogen (secondary N) is 1. The molecule has 0 aliphatic carbocycles. The first kappa shape index (κ1) is 20.9. The third-order valence-electron chi connectivity index (χ3n) is 5.83. The molecule has 1 saturated heterocycles. The number of hydrogen-bond acceptors (Lipinski definition) is 4. The highest BCUT2D eigenvalue weighted by molar-refractivity contribution is 5.97.